The van der Waals surface area contributed by atoms with E-state index in [1.54, 1.807) is 6.92 Å². The Kier molecular flexibility index (Phi) is 5.22. The summed E-state index contributed by atoms with van der Waals surface area (Å²) in [4.78, 5) is 13.4. The molecule has 2 rings (SSSR count). The first-order valence-corrected chi connectivity index (χ1v) is 8.03. The van der Waals surface area contributed by atoms with Gasteiger partial charge in [0.1, 0.15) is 0 Å². The van der Waals surface area contributed by atoms with Crippen molar-refractivity contribution in [2.45, 2.75) is 39.3 Å². The van der Waals surface area contributed by atoms with Crippen LogP contribution >= 0.6 is 15.9 Å². The van der Waals surface area contributed by atoms with Crippen molar-refractivity contribution in [2.24, 2.45) is 5.92 Å². The number of nitrogens with zero attached hydrogens (tertiary/aromatic N) is 1. The van der Waals surface area contributed by atoms with Gasteiger partial charge in [-0.05, 0) is 37.0 Å². The Balaban J connectivity index is 1.93. The highest BCUT2D eigenvalue weighted by Gasteiger charge is 2.28. The number of hydrogen-bond acceptors (Lipinski definition) is 2. The van der Waals surface area contributed by atoms with Crippen LogP contribution in [0.2, 0.25) is 0 Å². The van der Waals surface area contributed by atoms with Crippen LogP contribution in [0.15, 0.2) is 28.7 Å². The third-order valence-corrected chi connectivity index (χ3v) is 4.71. The van der Waals surface area contributed by atoms with E-state index >= 15 is 0 Å². The minimum atomic E-state index is 0.191. The summed E-state index contributed by atoms with van der Waals surface area (Å²) in [6, 6.07) is 9.27. The molecule has 0 bridgehead atoms. The molecule has 1 N–H and O–H groups in total. The number of halogens is 1. The van der Waals surface area contributed by atoms with Crippen LogP contribution in [-0.4, -0.2) is 29.9 Å². The number of likely N-dealkylation sites (tertiary alicyclic amines) is 1. The molecule has 1 saturated heterocycles. The number of nitrogens with one attached hydrogen (secondary N) is 1. The van der Waals surface area contributed by atoms with E-state index < -0.39 is 0 Å². The maximum Gasteiger partial charge on any atom is 0.219 e. The lowest BCUT2D eigenvalue weighted by Crippen LogP contribution is -2.50. The van der Waals surface area contributed by atoms with Crippen molar-refractivity contribution in [3.05, 3.63) is 34.3 Å². The van der Waals surface area contributed by atoms with Gasteiger partial charge in [0.05, 0.1) is 0 Å². The maximum atomic E-state index is 11.4. The highest BCUT2D eigenvalue weighted by Crippen LogP contribution is 2.22. The molecule has 1 heterocycles. The van der Waals surface area contributed by atoms with Crippen LogP contribution in [0.1, 0.15) is 38.8 Å². The van der Waals surface area contributed by atoms with Gasteiger partial charge in [-0.1, -0.05) is 35.0 Å². The van der Waals surface area contributed by atoms with Crippen LogP contribution in [0.4, 0.5) is 0 Å². The fourth-order valence-corrected chi connectivity index (χ4v) is 3.11. The average Bonchev–Trinajstić information content (AvgIpc) is 2.41. The molecule has 0 unspecified atom stereocenters. The van der Waals surface area contributed by atoms with Crippen LogP contribution in [0.5, 0.6) is 0 Å². The van der Waals surface area contributed by atoms with Gasteiger partial charge in [0, 0.05) is 36.6 Å². The van der Waals surface area contributed by atoms with E-state index in [4.69, 9.17) is 0 Å². The third kappa shape index (κ3) is 3.83. The molecule has 4 heteroatoms. The number of amides is 1. The standard InChI is InChI=1S/C16H23BrN2O/c1-11-10-19(13(3)20)9-8-16(11)18-12(2)14-4-6-15(17)7-5-14/h4-7,11-12,16,18H,8-10H2,1-3H3/t11-,12+,16+/m1/s1. The lowest BCUT2D eigenvalue weighted by Gasteiger charge is -2.38. The molecule has 20 heavy (non-hydrogen) atoms. The van der Waals surface area contributed by atoms with Gasteiger partial charge in [0.15, 0.2) is 0 Å². The number of hydrogen-bond donors (Lipinski definition) is 1. The van der Waals surface area contributed by atoms with Gasteiger partial charge in [-0.15, -0.1) is 0 Å². The van der Waals surface area contributed by atoms with E-state index in [2.05, 4.69) is 59.4 Å². The number of carbonyl (C=O) groups excluding carboxylic acids is 1. The van der Waals surface area contributed by atoms with E-state index in [9.17, 15) is 4.79 Å². The molecule has 0 spiro atoms. The quantitative estimate of drug-likeness (QED) is 0.916. The summed E-state index contributed by atoms with van der Waals surface area (Å²) < 4.78 is 1.11. The molecule has 1 aromatic rings. The van der Waals surface area contributed by atoms with E-state index in [1.165, 1.54) is 5.56 Å². The molecular formula is C16H23BrN2O. The van der Waals surface area contributed by atoms with Crippen molar-refractivity contribution < 1.29 is 4.79 Å². The third-order valence-electron chi connectivity index (χ3n) is 4.18. The van der Waals surface area contributed by atoms with E-state index in [1.807, 2.05) is 4.90 Å². The second kappa shape index (κ2) is 6.72. The number of benzene rings is 1. The molecule has 1 fully saturated rings. The van der Waals surface area contributed by atoms with Gasteiger partial charge in [0.2, 0.25) is 5.91 Å². The van der Waals surface area contributed by atoms with Crippen molar-refractivity contribution >= 4 is 21.8 Å². The first kappa shape index (κ1) is 15.5. The van der Waals surface area contributed by atoms with E-state index in [0.717, 1.165) is 24.0 Å². The van der Waals surface area contributed by atoms with Gasteiger partial charge >= 0.3 is 0 Å². The Morgan fingerprint density at radius 1 is 1.40 bits per heavy atom. The van der Waals surface area contributed by atoms with E-state index in [0.29, 0.717) is 18.0 Å². The lowest BCUT2D eigenvalue weighted by molar-refractivity contribution is -0.130. The Bertz CT molecular complexity index is 460. The zero-order valence-corrected chi connectivity index (χ0v) is 14.0. The molecule has 0 aliphatic carbocycles. The maximum absolute atomic E-state index is 11.4. The molecule has 3 nitrogen and oxygen atoms in total. The molecule has 1 amide bonds. The molecule has 1 aliphatic heterocycles. The van der Waals surface area contributed by atoms with Gasteiger partial charge in [-0.2, -0.15) is 0 Å². The topological polar surface area (TPSA) is 32.3 Å². The van der Waals surface area contributed by atoms with Gasteiger partial charge in [-0.3, -0.25) is 4.79 Å². The highest BCUT2D eigenvalue weighted by atomic mass is 79.9. The second-order valence-electron chi connectivity index (χ2n) is 5.78. The molecule has 0 saturated carbocycles. The first-order chi connectivity index (χ1) is 9.47. The predicted molar refractivity (Wildman–Crippen MR) is 85.5 cm³/mol. The lowest BCUT2D eigenvalue weighted by atomic mass is 9.92. The summed E-state index contributed by atoms with van der Waals surface area (Å²) in [6.07, 6.45) is 1.03. The van der Waals surface area contributed by atoms with Gasteiger partial charge in [0.25, 0.3) is 0 Å². The molecule has 110 valence electrons. The Hall–Kier alpha value is -0.870. The summed E-state index contributed by atoms with van der Waals surface area (Å²) in [6.45, 7) is 7.81. The van der Waals surface area contributed by atoms with Crippen LogP contribution in [0, 0.1) is 5.92 Å². The number of rotatable bonds is 3. The van der Waals surface area contributed by atoms with Crippen molar-refractivity contribution in [3.63, 3.8) is 0 Å². The van der Waals surface area contributed by atoms with E-state index in [-0.39, 0.29) is 5.91 Å². The fraction of sp³-hybridized carbons (Fsp3) is 0.562. The molecule has 0 radical (unpaired) electrons. The van der Waals surface area contributed by atoms with Crippen molar-refractivity contribution in [1.82, 2.24) is 10.2 Å². The average molecular weight is 339 g/mol. The van der Waals surface area contributed by atoms with Gasteiger partial charge < -0.3 is 10.2 Å². The monoisotopic (exact) mass is 338 g/mol. The summed E-state index contributed by atoms with van der Waals surface area (Å²) in [5.41, 5.74) is 1.30. The normalized spacial score (nSPS) is 24.5. The summed E-state index contributed by atoms with van der Waals surface area (Å²) in [5.74, 6) is 0.682. The Morgan fingerprint density at radius 2 is 2.05 bits per heavy atom. The second-order valence-corrected chi connectivity index (χ2v) is 6.69. The minimum absolute atomic E-state index is 0.191. The van der Waals surface area contributed by atoms with Crippen LogP contribution in [0.3, 0.4) is 0 Å². The highest BCUT2D eigenvalue weighted by molar-refractivity contribution is 9.10. The molecular weight excluding hydrogens is 316 g/mol. The Labute approximate surface area is 129 Å². The minimum Gasteiger partial charge on any atom is -0.343 e. The molecule has 1 aromatic carbocycles. The van der Waals surface area contributed by atoms with Crippen LogP contribution < -0.4 is 5.32 Å². The van der Waals surface area contributed by atoms with Gasteiger partial charge in [-0.25, -0.2) is 0 Å². The zero-order chi connectivity index (χ0) is 14.7. The molecule has 3 atom stereocenters. The fourth-order valence-electron chi connectivity index (χ4n) is 2.85. The Morgan fingerprint density at radius 3 is 2.60 bits per heavy atom. The SMILES string of the molecule is CC(=O)N1CC[C@H](N[C@@H](C)c2ccc(Br)cc2)[C@H](C)C1. The largest absolute Gasteiger partial charge is 0.343 e. The van der Waals surface area contributed by atoms with Crippen molar-refractivity contribution in [2.75, 3.05) is 13.1 Å². The smallest absolute Gasteiger partial charge is 0.219 e. The zero-order valence-electron chi connectivity index (χ0n) is 12.4. The number of piperidine rings is 1. The van der Waals surface area contributed by atoms with Crippen LogP contribution in [0.25, 0.3) is 0 Å². The number of carbonyl (C=O) groups is 1. The summed E-state index contributed by atoms with van der Waals surface area (Å²) in [7, 11) is 0. The first-order valence-electron chi connectivity index (χ1n) is 7.24. The summed E-state index contributed by atoms with van der Waals surface area (Å²) >= 11 is 3.46. The van der Waals surface area contributed by atoms with Crippen molar-refractivity contribution in [1.29, 1.82) is 0 Å². The molecule has 0 aromatic heterocycles. The predicted octanol–water partition coefficient (Wildman–Crippen LogP) is 3.36. The molecule has 1 aliphatic rings. The van der Waals surface area contributed by atoms with Crippen LogP contribution in [-0.2, 0) is 4.79 Å². The summed E-state index contributed by atoms with van der Waals surface area (Å²) in [5, 5.41) is 3.71. The van der Waals surface area contributed by atoms with Crippen molar-refractivity contribution in [3.8, 4) is 0 Å².